The summed E-state index contributed by atoms with van der Waals surface area (Å²) in [7, 11) is 1.38. The number of para-hydroxylation sites is 2. The fourth-order valence-corrected chi connectivity index (χ4v) is 2.22. The average Bonchev–Trinajstić information content (AvgIpc) is 2.40. The maximum atomic E-state index is 11.1. The standard InChI is InChI=1S/C13H11ClN2O4S/c1-9(17)16-11-4-2-3-5-12(11)20-13-7-6-10(8-15-13)21(14,18)19/h2-8H,1H3,(H,16,17). The first-order valence-electron chi connectivity index (χ1n) is 5.81. The molecule has 0 saturated carbocycles. The second-order valence-electron chi connectivity index (χ2n) is 4.05. The summed E-state index contributed by atoms with van der Waals surface area (Å²) in [4.78, 5) is 14.9. The number of amides is 1. The van der Waals surface area contributed by atoms with E-state index in [1.54, 1.807) is 24.3 Å². The summed E-state index contributed by atoms with van der Waals surface area (Å²) in [6, 6.07) is 9.46. The number of pyridine rings is 1. The number of halogens is 1. The number of nitrogens with zero attached hydrogens (tertiary/aromatic N) is 1. The van der Waals surface area contributed by atoms with Gasteiger partial charge in [0, 0.05) is 23.7 Å². The summed E-state index contributed by atoms with van der Waals surface area (Å²) in [5.41, 5.74) is 0.487. The van der Waals surface area contributed by atoms with Gasteiger partial charge in [0.05, 0.1) is 11.9 Å². The van der Waals surface area contributed by atoms with Crippen LogP contribution in [0.3, 0.4) is 0 Å². The van der Waals surface area contributed by atoms with Crippen LogP contribution in [-0.4, -0.2) is 19.3 Å². The molecule has 0 spiro atoms. The largest absolute Gasteiger partial charge is 0.437 e. The molecule has 110 valence electrons. The fraction of sp³-hybridized carbons (Fsp3) is 0.0769. The minimum absolute atomic E-state index is 0.119. The number of ether oxygens (including phenoxy) is 1. The van der Waals surface area contributed by atoms with Gasteiger partial charge in [-0.05, 0) is 18.2 Å². The van der Waals surface area contributed by atoms with Crippen molar-refractivity contribution in [3.8, 4) is 11.6 Å². The Morgan fingerprint density at radius 3 is 2.52 bits per heavy atom. The van der Waals surface area contributed by atoms with Crippen molar-refractivity contribution in [2.45, 2.75) is 11.8 Å². The van der Waals surface area contributed by atoms with Crippen molar-refractivity contribution in [1.82, 2.24) is 4.98 Å². The molecule has 6 nitrogen and oxygen atoms in total. The molecular weight excluding hydrogens is 316 g/mol. The molecule has 0 atom stereocenters. The topological polar surface area (TPSA) is 85.4 Å². The van der Waals surface area contributed by atoms with Crippen LogP contribution >= 0.6 is 10.7 Å². The third kappa shape index (κ3) is 4.17. The first kappa shape index (κ1) is 15.3. The lowest BCUT2D eigenvalue weighted by Crippen LogP contribution is -2.06. The molecule has 1 aromatic heterocycles. The van der Waals surface area contributed by atoms with Gasteiger partial charge in [0.2, 0.25) is 11.8 Å². The average molecular weight is 327 g/mol. The Morgan fingerprint density at radius 1 is 1.24 bits per heavy atom. The second-order valence-corrected chi connectivity index (χ2v) is 6.62. The molecule has 0 aliphatic rings. The van der Waals surface area contributed by atoms with Crippen molar-refractivity contribution in [2.24, 2.45) is 0 Å². The van der Waals surface area contributed by atoms with Crippen molar-refractivity contribution in [2.75, 3.05) is 5.32 Å². The first-order valence-corrected chi connectivity index (χ1v) is 8.12. The number of carbonyl (C=O) groups excluding carboxylic acids is 1. The van der Waals surface area contributed by atoms with Crippen LogP contribution in [0.2, 0.25) is 0 Å². The van der Waals surface area contributed by atoms with Crippen LogP contribution in [0.15, 0.2) is 47.5 Å². The van der Waals surface area contributed by atoms with Gasteiger partial charge in [0.15, 0.2) is 5.75 Å². The molecule has 1 N–H and O–H groups in total. The van der Waals surface area contributed by atoms with Crippen molar-refractivity contribution in [1.29, 1.82) is 0 Å². The number of benzene rings is 1. The fourth-order valence-electron chi connectivity index (χ4n) is 1.53. The van der Waals surface area contributed by atoms with Crippen molar-refractivity contribution in [3.63, 3.8) is 0 Å². The lowest BCUT2D eigenvalue weighted by atomic mass is 10.3. The van der Waals surface area contributed by atoms with Crippen molar-refractivity contribution < 1.29 is 17.9 Å². The maximum Gasteiger partial charge on any atom is 0.262 e. The Balaban J connectivity index is 2.24. The third-order valence-electron chi connectivity index (χ3n) is 2.40. The molecule has 1 heterocycles. The summed E-state index contributed by atoms with van der Waals surface area (Å²) in [5, 5.41) is 2.62. The molecule has 1 amide bonds. The molecule has 0 fully saturated rings. The molecule has 2 rings (SSSR count). The van der Waals surface area contributed by atoms with E-state index in [0.29, 0.717) is 11.4 Å². The zero-order valence-corrected chi connectivity index (χ0v) is 12.5. The van der Waals surface area contributed by atoms with E-state index in [-0.39, 0.29) is 16.7 Å². The Labute approximate surface area is 126 Å². The SMILES string of the molecule is CC(=O)Nc1ccccc1Oc1ccc(S(=O)(=O)Cl)cn1. The molecule has 0 radical (unpaired) electrons. The third-order valence-corrected chi connectivity index (χ3v) is 3.74. The summed E-state index contributed by atoms with van der Waals surface area (Å²) in [5.74, 6) is 0.334. The summed E-state index contributed by atoms with van der Waals surface area (Å²) in [6.45, 7) is 1.38. The number of nitrogens with one attached hydrogen (secondary N) is 1. The molecule has 0 bridgehead atoms. The van der Waals surface area contributed by atoms with Crippen LogP contribution in [0, 0.1) is 0 Å². The van der Waals surface area contributed by atoms with Crippen LogP contribution in [-0.2, 0) is 13.8 Å². The van der Waals surface area contributed by atoms with E-state index in [9.17, 15) is 13.2 Å². The highest BCUT2D eigenvalue weighted by molar-refractivity contribution is 8.13. The van der Waals surface area contributed by atoms with Crippen molar-refractivity contribution >= 4 is 31.3 Å². The summed E-state index contributed by atoms with van der Waals surface area (Å²) < 4.78 is 27.7. The highest BCUT2D eigenvalue weighted by Crippen LogP contribution is 2.28. The van der Waals surface area contributed by atoms with E-state index in [1.807, 2.05) is 0 Å². The minimum atomic E-state index is -3.82. The zero-order chi connectivity index (χ0) is 15.5. The van der Waals surface area contributed by atoms with Crippen LogP contribution in [0.1, 0.15) is 6.92 Å². The van der Waals surface area contributed by atoms with Crippen LogP contribution in [0.5, 0.6) is 11.6 Å². The monoisotopic (exact) mass is 326 g/mol. The van der Waals surface area contributed by atoms with Gasteiger partial charge in [0.25, 0.3) is 9.05 Å². The Hall–Kier alpha value is -2.12. The van der Waals surface area contributed by atoms with E-state index in [0.717, 1.165) is 6.20 Å². The smallest absolute Gasteiger partial charge is 0.262 e. The van der Waals surface area contributed by atoms with Crippen LogP contribution < -0.4 is 10.1 Å². The number of hydrogen-bond acceptors (Lipinski definition) is 5. The molecule has 0 aliphatic heterocycles. The van der Waals surface area contributed by atoms with Gasteiger partial charge in [-0.1, -0.05) is 12.1 Å². The molecule has 0 aliphatic carbocycles. The van der Waals surface area contributed by atoms with Crippen molar-refractivity contribution in [3.05, 3.63) is 42.6 Å². The van der Waals surface area contributed by atoms with Crippen LogP contribution in [0.25, 0.3) is 0 Å². The minimum Gasteiger partial charge on any atom is -0.437 e. The summed E-state index contributed by atoms with van der Waals surface area (Å²) in [6.07, 6.45) is 1.10. The predicted molar refractivity (Wildman–Crippen MR) is 78.1 cm³/mol. The maximum absolute atomic E-state index is 11.1. The van der Waals surface area contributed by atoms with Gasteiger partial charge in [0.1, 0.15) is 4.90 Å². The Bertz CT molecular complexity index is 760. The molecule has 21 heavy (non-hydrogen) atoms. The molecule has 2 aromatic rings. The lowest BCUT2D eigenvalue weighted by Gasteiger charge is -2.10. The van der Waals surface area contributed by atoms with E-state index < -0.39 is 9.05 Å². The number of aromatic nitrogens is 1. The quantitative estimate of drug-likeness (QED) is 0.873. The second kappa shape index (κ2) is 6.11. The lowest BCUT2D eigenvalue weighted by molar-refractivity contribution is -0.114. The van der Waals surface area contributed by atoms with Gasteiger partial charge in [-0.3, -0.25) is 4.79 Å². The van der Waals surface area contributed by atoms with E-state index in [2.05, 4.69) is 10.3 Å². The van der Waals surface area contributed by atoms with E-state index >= 15 is 0 Å². The molecule has 0 saturated heterocycles. The number of anilines is 1. The van der Waals surface area contributed by atoms with Gasteiger partial charge in [-0.2, -0.15) is 0 Å². The van der Waals surface area contributed by atoms with Gasteiger partial charge in [-0.15, -0.1) is 0 Å². The van der Waals surface area contributed by atoms with Gasteiger partial charge < -0.3 is 10.1 Å². The number of carbonyl (C=O) groups is 1. The molecule has 0 unspecified atom stereocenters. The van der Waals surface area contributed by atoms with E-state index in [1.165, 1.54) is 19.1 Å². The van der Waals surface area contributed by atoms with Gasteiger partial charge >= 0.3 is 0 Å². The highest BCUT2D eigenvalue weighted by atomic mass is 35.7. The summed E-state index contributed by atoms with van der Waals surface area (Å²) >= 11 is 0. The highest BCUT2D eigenvalue weighted by Gasteiger charge is 2.11. The van der Waals surface area contributed by atoms with E-state index in [4.69, 9.17) is 15.4 Å². The molecule has 1 aromatic carbocycles. The zero-order valence-electron chi connectivity index (χ0n) is 10.9. The molecular formula is C13H11ClN2O4S. The number of hydrogen-bond donors (Lipinski definition) is 1. The predicted octanol–water partition coefficient (Wildman–Crippen LogP) is 2.76. The molecule has 8 heteroatoms. The van der Waals surface area contributed by atoms with Crippen LogP contribution in [0.4, 0.5) is 5.69 Å². The Kier molecular flexibility index (Phi) is 4.44. The Morgan fingerprint density at radius 2 is 1.95 bits per heavy atom. The first-order chi connectivity index (χ1) is 9.86. The number of rotatable bonds is 4. The van der Waals surface area contributed by atoms with Gasteiger partial charge in [-0.25, -0.2) is 13.4 Å². The normalized spacial score (nSPS) is 11.0.